The summed E-state index contributed by atoms with van der Waals surface area (Å²) in [5, 5.41) is 3.62. The van der Waals surface area contributed by atoms with E-state index in [0.717, 1.165) is 22.8 Å². The van der Waals surface area contributed by atoms with Gasteiger partial charge in [-0.15, -0.1) is 0 Å². The van der Waals surface area contributed by atoms with Crippen molar-refractivity contribution in [2.45, 2.75) is 38.3 Å². The van der Waals surface area contributed by atoms with Crippen LogP contribution < -0.4 is 10.6 Å². The molecule has 1 fully saturated rings. The molecule has 1 aliphatic heterocycles. The summed E-state index contributed by atoms with van der Waals surface area (Å²) in [5.41, 5.74) is 14.7. The maximum absolute atomic E-state index is 12.6. The lowest BCUT2D eigenvalue weighted by atomic mass is 10.1. The summed E-state index contributed by atoms with van der Waals surface area (Å²) in [7, 11) is 0. The number of aromatic nitrogens is 3. The monoisotopic (exact) mass is 409 g/mol. The van der Waals surface area contributed by atoms with Gasteiger partial charge in [0.1, 0.15) is 18.8 Å². The smallest absolute Gasteiger partial charge is 0.311 e. The van der Waals surface area contributed by atoms with Gasteiger partial charge in [0, 0.05) is 18.8 Å². The van der Waals surface area contributed by atoms with Crippen LogP contribution in [0.25, 0.3) is 20.8 Å². The highest BCUT2D eigenvalue weighted by Gasteiger charge is 2.49. The van der Waals surface area contributed by atoms with Crippen LogP contribution in [0.2, 0.25) is 0 Å². The molecule has 148 valence electrons. The lowest BCUT2D eigenvalue weighted by molar-refractivity contribution is -0.153. The molecule has 3 heterocycles. The quantitative estimate of drug-likeness (QED) is 0.318. The van der Waals surface area contributed by atoms with E-state index < -0.39 is 41.3 Å². The van der Waals surface area contributed by atoms with Crippen molar-refractivity contribution < 1.29 is 23.8 Å². The third kappa shape index (κ3) is 3.74. The second-order valence-corrected chi connectivity index (χ2v) is 6.78. The van der Waals surface area contributed by atoms with E-state index in [9.17, 15) is 14.4 Å². The number of nitrogen functional groups attached to an aromatic ring is 1. The molecule has 0 aliphatic carbocycles. The molecule has 28 heavy (non-hydrogen) atoms. The predicted octanol–water partition coefficient (Wildman–Crippen LogP) is 0.506. The zero-order valence-corrected chi connectivity index (χ0v) is 15.5. The predicted molar refractivity (Wildman–Crippen MR) is 95.1 cm³/mol. The summed E-state index contributed by atoms with van der Waals surface area (Å²) in [6, 6.07) is -1.04. The van der Waals surface area contributed by atoms with Crippen molar-refractivity contribution in [2.24, 2.45) is 5.11 Å². The van der Waals surface area contributed by atoms with Gasteiger partial charge < -0.3 is 19.9 Å². The molecule has 0 bridgehead atoms. The molecule has 0 amide bonds. The van der Waals surface area contributed by atoms with Crippen LogP contribution >= 0.6 is 11.3 Å². The summed E-state index contributed by atoms with van der Waals surface area (Å²) < 4.78 is 17.6. The Labute approximate surface area is 160 Å². The highest BCUT2D eigenvalue weighted by molar-refractivity contribution is 7.16. The van der Waals surface area contributed by atoms with Crippen molar-refractivity contribution >= 4 is 39.6 Å². The highest BCUT2D eigenvalue weighted by atomic mass is 32.1. The third-order valence-corrected chi connectivity index (χ3v) is 4.76. The molecule has 13 nitrogen and oxygen atoms in total. The van der Waals surface area contributed by atoms with Crippen molar-refractivity contribution in [2.75, 3.05) is 12.3 Å². The van der Waals surface area contributed by atoms with Crippen molar-refractivity contribution in [3.8, 4) is 0 Å². The number of carbonyl (C=O) groups excluding carboxylic acids is 2. The first-order chi connectivity index (χ1) is 13.3. The normalized spacial score (nSPS) is 23.9. The van der Waals surface area contributed by atoms with Gasteiger partial charge in [0.25, 0.3) is 0 Å². The minimum absolute atomic E-state index is 0.0656. The standard InChI is InChI=1S/C14H15N7O6S/c1-5(22)25-4-7-9(19-20-16)10(26-6(2)23)12(27-7)21-11-8(28-14(21)24)3-17-13(15)18-11/h3,7,9-10,12H,4H2,1-2H3,(H2,15,17,18)/t7-,9-,10-,12-/m1/s1. The average Bonchev–Trinajstić information content (AvgIpc) is 3.10. The van der Waals surface area contributed by atoms with E-state index in [-0.39, 0.29) is 18.2 Å². The molecule has 0 unspecified atom stereocenters. The molecule has 3 rings (SSSR count). The number of hydrogen-bond acceptors (Lipinski definition) is 11. The highest BCUT2D eigenvalue weighted by Crippen LogP contribution is 2.35. The van der Waals surface area contributed by atoms with Crippen LogP contribution in [0, 0.1) is 0 Å². The number of hydrogen-bond donors (Lipinski definition) is 1. The van der Waals surface area contributed by atoms with Crippen LogP contribution in [0.5, 0.6) is 0 Å². The van der Waals surface area contributed by atoms with E-state index in [1.54, 1.807) is 0 Å². The molecule has 0 saturated carbocycles. The Balaban J connectivity index is 2.09. The number of rotatable bonds is 5. The molecule has 1 aliphatic rings. The number of esters is 2. The number of carbonyl (C=O) groups is 2. The van der Waals surface area contributed by atoms with Gasteiger partial charge in [-0.3, -0.25) is 19.0 Å². The fourth-order valence-corrected chi connectivity index (χ4v) is 3.67. The summed E-state index contributed by atoms with van der Waals surface area (Å²) >= 11 is 0.847. The van der Waals surface area contributed by atoms with Gasteiger partial charge >= 0.3 is 16.8 Å². The van der Waals surface area contributed by atoms with Crippen molar-refractivity contribution in [1.82, 2.24) is 14.5 Å². The lowest BCUT2D eigenvalue weighted by Crippen LogP contribution is -2.37. The Hall–Kier alpha value is -3.22. The van der Waals surface area contributed by atoms with Crippen LogP contribution in [0.1, 0.15) is 20.1 Å². The minimum Gasteiger partial charge on any atom is -0.463 e. The summed E-state index contributed by atoms with van der Waals surface area (Å²) in [4.78, 5) is 45.5. The topological polar surface area (TPSA) is 184 Å². The Morgan fingerprint density at radius 2 is 2.21 bits per heavy atom. The first kappa shape index (κ1) is 19.5. The van der Waals surface area contributed by atoms with E-state index in [4.69, 9.17) is 25.5 Å². The largest absolute Gasteiger partial charge is 0.463 e. The third-order valence-electron chi connectivity index (χ3n) is 3.88. The van der Waals surface area contributed by atoms with Crippen molar-refractivity contribution in [3.63, 3.8) is 0 Å². The van der Waals surface area contributed by atoms with E-state index in [1.807, 2.05) is 0 Å². The Morgan fingerprint density at radius 1 is 1.46 bits per heavy atom. The van der Waals surface area contributed by atoms with E-state index in [0.29, 0.717) is 4.70 Å². The summed E-state index contributed by atoms with van der Waals surface area (Å²) in [5.74, 6) is -1.31. The second-order valence-electron chi connectivity index (χ2n) is 5.79. The van der Waals surface area contributed by atoms with Gasteiger partial charge in [-0.05, 0) is 5.53 Å². The first-order valence-electron chi connectivity index (χ1n) is 7.95. The van der Waals surface area contributed by atoms with Crippen molar-refractivity contribution in [3.05, 3.63) is 26.3 Å². The molecule has 2 N–H and O–H groups in total. The molecule has 0 radical (unpaired) electrons. The lowest BCUT2D eigenvalue weighted by Gasteiger charge is -2.21. The molecule has 0 aromatic carbocycles. The SMILES string of the molecule is CC(=O)OC[C@H]1O[C@@H](n2c(=O)sc3cnc(N)nc32)[C@H](OC(C)=O)[C@@H]1N=[N+]=[N-]. The molecule has 0 spiro atoms. The molecule has 14 heteroatoms. The maximum atomic E-state index is 12.6. The van der Waals surface area contributed by atoms with E-state index in [1.165, 1.54) is 13.1 Å². The van der Waals surface area contributed by atoms with Crippen LogP contribution in [-0.4, -0.2) is 51.3 Å². The zero-order valence-electron chi connectivity index (χ0n) is 14.7. The summed E-state index contributed by atoms with van der Waals surface area (Å²) in [6.07, 6.45) is -1.89. The zero-order chi connectivity index (χ0) is 20.4. The van der Waals surface area contributed by atoms with Crippen LogP contribution in [-0.2, 0) is 23.8 Å². The molecule has 2 aromatic rings. The first-order valence-corrected chi connectivity index (χ1v) is 8.77. The minimum atomic E-state index is -1.17. The van der Waals surface area contributed by atoms with Gasteiger partial charge in [-0.2, -0.15) is 4.98 Å². The average molecular weight is 409 g/mol. The number of azide groups is 1. The fraction of sp³-hybridized carbons (Fsp3) is 0.500. The number of ether oxygens (including phenoxy) is 3. The molecule has 2 aromatic heterocycles. The number of anilines is 1. The van der Waals surface area contributed by atoms with Crippen LogP contribution in [0.4, 0.5) is 5.95 Å². The van der Waals surface area contributed by atoms with Crippen LogP contribution in [0.3, 0.4) is 0 Å². The van der Waals surface area contributed by atoms with Gasteiger partial charge in [-0.25, -0.2) is 4.98 Å². The van der Waals surface area contributed by atoms with Gasteiger partial charge in [0.15, 0.2) is 18.0 Å². The molecular weight excluding hydrogens is 394 g/mol. The Morgan fingerprint density at radius 3 is 2.86 bits per heavy atom. The van der Waals surface area contributed by atoms with Gasteiger partial charge in [0.05, 0.1) is 10.9 Å². The fourth-order valence-electron chi connectivity index (χ4n) is 2.86. The molecular formula is C14H15N7O6S. The number of thiazole rings is 1. The Bertz CT molecular complexity index is 1030. The molecule has 4 atom stereocenters. The Kier molecular flexibility index (Phi) is 5.44. The van der Waals surface area contributed by atoms with Crippen LogP contribution in [0.15, 0.2) is 16.1 Å². The molecule has 1 saturated heterocycles. The summed E-state index contributed by atoms with van der Waals surface area (Å²) in [6.45, 7) is 2.11. The number of nitrogens with zero attached hydrogens (tertiary/aromatic N) is 6. The van der Waals surface area contributed by atoms with Gasteiger partial charge in [-0.1, -0.05) is 16.5 Å². The number of nitrogens with two attached hydrogens (primary N) is 1. The van der Waals surface area contributed by atoms with E-state index >= 15 is 0 Å². The van der Waals surface area contributed by atoms with Gasteiger partial charge in [0.2, 0.25) is 5.95 Å². The maximum Gasteiger partial charge on any atom is 0.311 e. The van der Waals surface area contributed by atoms with E-state index in [2.05, 4.69) is 20.0 Å². The van der Waals surface area contributed by atoms with Crippen molar-refractivity contribution in [1.29, 1.82) is 0 Å². The number of fused-ring (bicyclic) bond motifs is 1. The second kappa shape index (κ2) is 7.80.